The Kier molecular flexibility index (Phi) is 11.3. The van der Waals surface area contributed by atoms with Crippen molar-refractivity contribution in [2.75, 3.05) is 11.5 Å². The second-order valence-electron chi connectivity index (χ2n) is 13.5. The average molecular weight is 539 g/mol. The molecular weight excluding hydrogens is 476 g/mol. The molecule has 3 heteroatoms. The Labute approximate surface area is 241 Å². The van der Waals surface area contributed by atoms with Crippen LogP contribution in [0.1, 0.15) is 132 Å². The van der Waals surface area contributed by atoms with Gasteiger partial charge in [-0.05, 0) is 150 Å². The summed E-state index contributed by atoms with van der Waals surface area (Å²) in [5.41, 5.74) is 16.1. The first-order chi connectivity index (χ1) is 18.7. The van der Waals surface area contributed by atoms with Crippen molar-refractivity contribution in [3.05, 3.63) is 29.8 Å². The molecule has 1 aromatic rings. The van der Waals surface area contributed by atoms with Crippen LogP contribution in [0, 0.1) is 40.4 Å². The van der Waals surface area contributed by atoms with Gasteiger partial charge in [-0.2, -0.15) is 0 Å². The third-order valence-corrected chi connectivity index (χ3v) is 11.3. The molecule has 4 aliphatic rings. The molecule has 0 aromatic heterocycles. The van der Waals surface area contributed by atoms with Crippen LogP contribution in [0.3, 0.4) is 0 Å². The second-order valence-corrected chi connectivity index (χ2v) is 13.5. The van der Waals surface area contributed by atoms with Gasteiger partial charge in [0.1, 0.15) is 5.75 Å². The third kappa shape index (κ3) is 6.82. The molecule has 1 aromatic carbocycles. The highest BCUT2D eigenvalue weighted by atomic mass is 16.5. The Morgan fingerprint density at radius 2 is 1.74 bits per heavy atom. The highest BCUT2D eigenvalue weighted by Gasteiger charge is 2.58. The number of hydrogen-bond donors (Lipinski definition) is 2. The Morgan fingerprint density at radius 1 is 1.00 bits per heavy atom. The highest BCUT2D eigenvalue weighted by molar-refractivity contribution is 5.60. The number of allylic oxidation sites excluding steroid dienone is 2. The van der Waals surface area contributed by atoms with E-state index in [1.165, 1.54) is 82.6 Å². The lowest BCUT2D eigenvalue weighted by Crippen LogP contribution is -2.44. The molecule has 2 bridgehead atoms. The van der Waals surface area contributed by atoms with Gasteiger partial charge in [0, 0.05) is 5.69 Å². The lowest BCUT2D eigenvalue weighted by molar-refractivity contribution is -0.0336. The van der Waals surface area contributed by atoms with Gasteiger partial charge in [-0.15, -0.1) is 0 Å². The van der Waals surface area contributed by atoms with Crippen LogP contribution in [0.25, 0.3) is 0 Å². The van der Waals surface area contributed by atoms with E-state index in [1.807, 2.05) is 45.9 Å². The molecule has 4 N–H and O–H groups in total. The standard InChI is InChI=1S/C32H50N2O.2C2H6/c1-21(2)6-5-7-22(3)27-11-12-28-23-8-9-24-18-26(35-30-13-10-25(33)19-29(30)34)14-15-32(24,20-23)17-16-31(27,28)4;2*1-2/h6,10,13,19,22-24,26-28H,5,7-9,11-12,14-18,20,33-34H2,1-4H3;2*1-2H3. The summed E-state index contributed by atoms with van der Waals surface area (Å²) in [6.45, 7) is 17.8. The fourth-order valence-electron chi connectivity index (χ4n) is 9.53. The normalized spacial score (nSPS) is 35.4. The molecule has 8 unspecified atom stereocenters. The Bertz CT molecular complexity index is 936. The summed E-state index contributed by atoms with van der Waals surface area (Å²) in [4.78, 5) is 0. The summed E-state index contributed by atoms with van der Waals surface area (Å²) in [7, 11) is 0. The van der Waals surface area contributed by atoms with Gasteiger partial charge in [0.2, 0.25) is 0 Å². The van der Waals surface area contributed by atoms with Gasteiger partial charge in [0.25, 0.3) is 0 Å². The van der Waals surface area contributed by atoms with Crippen molar-refractivity contribution >= 4 is 11.4 Å². The van der Waals surface area contributed by atoms with Crippen molar-refractivity contribution < 1.29 is 4.74 Å². The van der Waals surface area contributed by atoms with Crippen LogP contribution in [-0.4, -0.2) is 6.10 Å². The average Bonchev–Trinajstić information content (AvgIpc) is 3.24. The molecule has 4 fully saturated rings. The molecule has 0 heterocycles. The third-order valence-electron chi connectivity index (χ3n) is 11.3. The quantitative estimate of drug-likeness (QED) is 0.280. The predicted octanol–water partition coefficient (Wildman–Crippen LogP) is 10.4. The van der Waals surface area contributed by atoms with Gasteiger partial charge in [-0.1, -0.05) is 53.2 Å². The van der Waals surface area contributed by atoms with E-state index in [1.54, 1.807) is 0 Å². The van der Waals surface area contributed by atoms with Crippen LogP contribution < -0.4 is 16.2 Å². The van der Waals surface area contributed by atoms with E-state index in [2.05, 4.69) is 33.8 Å². The van der Waals surface area contributed by atoms with E-state index >= 15 is 0 Å². The number of fused-ring (bicyclic) bond motifs is 3. The lowest BCUT2D eigenvalue weighted by atomic mass is 9.55. The number of ether oxygens (including phenoxy) is 1. The van der Waals surface area contributed by atoms with Crippen LogP contribution in [-0.2, 0) is 0 Å². The van der Waals surface area contributed by atoms with Crippen LogP contribution in [0.5, 0.6) is 5.75 Å². The zero-order valence-corrected chi connectivity index (χ0v) is 26.8. The maximum absolute atomic E-state index is 6.47. The molecule has 8 atom stereocenters. The number of rotatable bonds is 6. The molecule has 0 radical (unpaired) electrons. The second kappa shape index (κ2) is 13.8. The highest BCUT2D eigenvalue weighted by Crippen LogP contribution is 2.67. The van der Waals surface area contributed by atoms with E-state index in [4.69, 9.17) is 16.2 Å². The molecule has 222 valence electrons. The fourth-order valence-corrected chi connectivity index (χ4v) is 9.53. The number of anilines is 2. The summed E-state index contributed by atoms with van der Waals surface area (Å²) in [6, 6.07) is 5.69. The topological polar surface area (TPSA) is 61.3 Å². The number of hydrogen-bond acceptors (Lipinski definition) is 3. The van der Waals surface area contributed by atoms with Gasteiger partial charge in [-0.3, -0.25) is 0 Å². The van der Waals surface area contributed by atoms with E-state index in [9.17, 15) is 0 Å². The summed E-state index contributed by atoms with van der Waals surface area (Å²) in [5, 5.41) is 0. The predicted molar refractivity (Wildman–Crippen MR) is 171 cm³/mol. The largest absolute Gasteiger partial charge is 0.488 e. The molecule has 0 amide bonds. The van der Waals surface area contributed by atoms with Crippen molar-refractivity contribution in [1.29, 1.82) is 0 Å². The molecule has 3 nitrogen and oxygen atoms in total. The molecule has 4 aliphatic carbocycles. The van der Waals surface area contributed by atoms with Crippen molar-refractivity contribution in [3.8, 4) is 5.75 Å². The Morgan fingerprint density at radius 3 is 2.44 bits per heavy atom. The lowest BCUT2D eigenvalue weighted by Gasteiger charge is -2.51. The molecule has 0 aliphatic heterocycles. The summed E-state index contributed by atoms with van der Waals surface area (Å²) < 4.78 is 6.47. The van der Waals surface area contributed by atoms with Crippen molar-refractivity contribution in [2.45, 2.75) is 139 Å². The molecule has 5 rings (SSSR count). The van der Waals surface area contributed by atoms with Gasteiger partial charge in [0.05, 0.1) is 11.8 Å². The SMILES string of the molecule is CC.CC.CC(C)=CCCC(C)C1CCC2C3CCC4CC(Oc5ccc(N)cc5N)CCC4(CCC12C)C3. The maximum atomic E-state index is 6.47. The van der Waals surface area contributed by atoms with Crippen molar-refractivity contribution in [2.24, 2.45) is 40.4 Å². The summed E-state index contributed by atoms with van der Waals surface area (Å²) >= 11 is 0. The molecular formula is C36H62N2O. The first-order valence-electron chi connectivity index (χ1n) is 16.7. The Balaban J connectivity index is 0.00000100. The number of nitrogen functional groups attached to an aromatic ring is 2. The van der Waals surface area contributed by atoms with Crippen LogP contribution >= 0.6 is 0 Å². The zero-order valence-electron chi connectivity index (χ0n) is 26.8. The van der Waals surface area contributed by atoms with E-state index in [-0.39, 0.29) is 0 Å². The Hall–Kier alpha value is -1.64. The smallest absolute Gasteiger partial charge is 0.142 e. The minimum atomic E-state index is 0.300. The monoisotopic (exact) mass is 538 g/mol. The van der Waals surface area contributed by atoms with Gasteiger partial charge in [-0.25, -0.2) is 0 Å². The number of nitrogens with two attached hydrogens (primary N) is 2. The first-order valence-corrected chi connectivity index (χ1v) is 16.7. The van der Waals surface area contributed by atoms with Gasteiger partial charge >= 0.3 is 0 Å². The maximum Gasteiger partial charge on any atom is 0.142 e. The molecule has 39 heavy (non-hydrogen) atoms. The summed E-state index contributed by atoms with van der Waals surface area (Å²) in [5.74, 6) is 5.33. The van der Waals surface area contributed by atoms with Crippen LogP contribution in [0.4, 0.5) is 11.4 Å². The van der Waals surface area contributed by atoms with Gasteiger partial charge < -0.3 is 16.2 Å². The number of benzene rings is 1. The van der Waals surface area contributed by atoms with Crippen molar-refractivity contribution in [3.63, 3.8) is 0 Å². The minimum Gasteiger partial charge on any atom is -0.488 e. The minimum absolute atomic E-state index is 0.300. The van der Waals surface area contributed by atoms with E-state index in [0.717, 1.165) is 35.3 Å². The van der Waals surface area contributed by atoms with E-state index in [0.29, 0.717) is 28.3 Å². The molecule has 1 spiro atoms. The fraction of sp³-hybridized carbons (Fsp3) is 0.778. The van der Waals surface area contributed by atoms with Crippen LogP contribution in [0.15, 0.2) is 29.8 Å². The van der Waals surface area contributed by atoms with Crippen LogP contribution in [0.2, 0.25) is 0 Å². The first kappa shape index (κ1) is 31.9. The summed E-state index contributed by atoms with van der Waals surface area (Å²) in [6.07, 6.45) is 19.3. The molecule has 0 saturated heterocycles. The zero-order chi connectivity index (χ0) is 28.8. The van der Waals surface area contributed by atoms with E-state index < -0.39 is 0 Å². The van der Waals surface area contributed by atoms with Gasteiger partial charge in [0.15, 0.2) is 0 Å². The van der Waals surface area contributed by atoms with Crippen molar-refractivity contribution in [1.82, 2.24) is 0 Å². The molecule has 4 saturated carbocycles.